The number of nitrogens with one attached hydrogen (secondary N) is 4. The van der Waals surface area contributed by atoms with Crippen molar-refractivity contribution in [3.63, 3.8) is 0 Å². The van der Waals surface area contributed by atoms with Crippen LogP contribution in [0.1, 0.15) is 30.8 Å². The number of nitrogens with zero attached hydrogens (tertiary/aromatic N) is 2. The number of hydrazine groups is 1. The molecule has 0 spiro atoms. The zero-order chi connectivity index (χ0) is 18.1. The highest BCUT2D eigenvalue weighted by Crippen LogP contribution is 2.34. The molecule has 2 fully saturated rings. The van der Waals surface area contributed by atoms with E-state index in [0.717, 1.165) is 24.5 Å². The van der Waals surface area contributed by atoms with Crippen LogP contribution in [0.2, 0.25) is 0 Å². The second-order valence-corrected chi connectivity index (χ2v) is 8.40. The molecule has 0 radical (unpaired) electrons. The van der Waals surface area contributed by atoms with Crippen LogP contribution in [0.15, 0.2) is 30.3 Å². The van der Waals surface area contributed by atoms with Crippen molar-refractivity contribution in [2.75, 3.05) is 18.4 Å². The van der Waals surface area contributed by atoms with Crippen LogP contribution in [0, 0.1) is 5.92 Å². The number of halogens is 1. The summed E-state index contributed by atoms with van der Waals surface area (Å²) in [5.41, 5.74) is 7.30. The van der Waals surface area contributed by atoms with E-state index < -0.39 is 0 Å². The van der Waals surface area contributed by atoms with Gasteiger partial charge in [0.05, 0.1) is 0 Å². The first-order valence-electron chi connectivity index (χ1n) is 8.98. The van der Waals surface area contributed by atoms with Crippen molar-refractivity contribution < 1.29 is 4.79 Å². The zero-order valence-electron chi connectivity index (χ0n) is 15.4. The van der Waals surface area contributed by atoms with Crippen molar-refractivity contribution in [3.05, 3.63) is 40.9 Å². The van der Waals surface area contributed by atoms with Gasteiger partial charge in [0, 0.05) is 23.9 Å². The average Bonchev–Trinajstić information content (AvgIpc) is 3.29. The van der Waals surface area contributed by atoms with Gasteiger partial charge in [0.1, 0.15) is 11.0 Å². The number of carbonyl (C=O) groups is 1. The average molecular weight is 409 g/mol. The highest BCUT2D eigenvalue weighted by molar-refractivity contribution is 7.15. The highest BCUT2D eigenvalue weighted by atomic mass is 35.5. The van der Waals surface area contributed by atoms with Crippen molar-refractivity contribution >= 4 is 34.8 Å². The third-order valence-electron chi connectivity index (χ3n) is 5.35. The Bertz CT molecular complexity index is 783. The van der Waals surface area contributed by atoms with E-state index >= 15 is 0 Å². The number of anilines is 1. The molecule has 4 N–H and O–H groups in total. The predicted octanol–water partition coefficient (Wildman–Crippen LogP) is 1.68. The summed E-state index contributed by atoms with van der Waals surface area (Å²) < 4.78 is 0. The van der Waals surface area contributed by atoms with E-state index in [2.05, 4.69) is 57.7 Å². The van der Waals surface area contributed by atoms with Crippen molar-refractivity contribution in [1.82, 2.24) is 26.4 Å². The van der Waals surface area contributed by atoms with Gasteiger partial charge in [0.25, 0.3) is 0 Å². The van der Waals surface area contributed by atoms with E-state index in [1.807, 2.05) is 18.2 Å². The van der Waals surface area contributed by atoms with Gasteiger partial charge in [0.2, 0.25) is 11.0 Å². The topological polar surface area (TPSA) is 91.0 Å². The molecule has 1 aromatic heterocycles. The van der Waals surface area contributed by atoms with Gasteiger partial charge in [-0.25, -0.2) is 5.43 Å². The standard InChI is InChI=1S/C18H24N6OS.ClH/c1-18(2,11-6-4-3-5-7-11)16-23-24-17(26-16)20-15(25)14-12-10-19-9-8-13(12)21-22-14;/h3-7,12-14,19,21-22H,8-10H2,1-2H3,(H,20,24,25);1H. The van der Waals surface area contributed by atoms with Gasteiger partial charge in [-0.1, -0.05) is 41.7 Å². The van der Waals surface area contributed by atoms with E-state index in [1.54, 1.807) is 0 Å². The number of amides is 1. The second kappa shape index (κ2) is 8.20. The third kappa shape index (κ3) is 4.00. The van der Waals surface area contributed by atoms with Gasteiger partial charge in [-0.15, -0.1) is 22.6 Å². The van der Waals surface area contributed by atoms with Crippen LogP contribution in [0.25, 0.3) is 0 Å². The summed E-state index contributed by atoms with van der Waals surface area (Å²) >= 11 is 1.43. The van der Waals surface area contributed by atoms with Crippen LogP contribution >= 0.6 is 23.7 Å². The second-order valence-electron chi connectivity index (χ2n) is 7.42. The lowest BCUT2D eigenvalue weighted by Crippen LogP contribution is -2.47. The van der Waals surface area contributed by atoms with Gasteiger partial charge in [-0.05, 0) is 32.4 Å². The summed E-state index contributed by atoms with van der Waals surface area (Å²) in [6.45, 7) is 6.06. The molecule has 3 heterocycles. The Morgan fingerprint density at radius 3 is 2.78 bits per heavy atom. The summed E-state index contributed by atoms with van der Waals surface area (Å²) in [6, 6.07) is 10.3. The van der Waals surface area contributed by atoms with Gasteiger partial charge >= 0.3 is 0 Å². The monoisotopic (exact) mass is 408 g/mol. The molecule has 27 heavy (non-hydrogen) atoms. The van der Waals surface area contributed by atoms with Gasteiger partial charge in [0.15, 0.2) is 0 Å². The number of aromatic nitrogens is 2. The Morgan fingerprint density at radius 1 is 1.22 bits per heavy atom. The molecule has 1 amide bonds. The summed E-state index contributed by atoms with van der Waals surface area (Å²) in [5, 5.41) is 16.3. The fraction of sp³-hybridized carbons (Fsp3) is 0.500. The molecule has 2 saturated heterocycles. The molecule has 0 saturated carbocycles. The maximum absolute atomic E-state index is 12.7. The number of fused-ring (bicyclic) bond motifs is 1. The lowest BCUT2D eigenvalue weighted by atomic mass is 9.85. The Hall–Kier alpha value is -1.58. The Kier molecular flexibility index (Phi) is 6.12. The molecule has 3 unspecified atom stereocenters. The molecule has 146 valence electrons. The number of rotatable bonds is 4. The molecule has 0 bridgehead atoms. The summed E-state index contributed by atoms with van der Waals surface area (Å²) in [7, 11) is 0. The smallest absolute Gasteiger partial charge is 0.245 e. The van der Waals surface area contributed by atoms with Gasteiger partial charge in [-0.3, -0.25) is 15.5 Å². The summed E-state index contributed by atoms with van der Waals surface area (Å²) in [4.78, 5) is 12.7. The van der Waals surface area contributed by atoms with Crippen LogP contribution in [-0.2, 0) is 10.2 Å². The Balaban J connectivity index is 0.00000210. The van der Waals surface area contributed by atoms with E-state index in [0.29, 0.717) is 11.2 Å². The Morgan fingerprint density at radius 2 is 2.00 bits per heavy atom. The molecule has 3 atom stereocenters. The maximum Gasteiger partial charge on any atom is 0.245 e. The number of carbonyl (C=O) groups excluding carboxylic acids is 1. The summed E-state index contributed by atoms with van der Waals surface area (Å²) in [5.74, 6) is 0.186. The summed E-state index contributed by atoms with van der Waals surface area (Å²) in [6.07, 6.45) is 1.02. The minimum absolute atomic E-state index is 0. The van der Waals surface area contributed by atoms with Crippen LogP contribution < -0.4 is 21.5 Å². The highest BCUT2D eigenvalue weighted by Gasteiger charge is 2.41. The molecule has 1 aromatic carbocycles. The first kappa shape index (κ1) is 20.2. The van der Waals surface area contributed by atoms with Crippen molar-refractivity contribution in [2.45, 2.75) is 37.8 Å². The van der Waals surface area contributed by atoms with Gasteiger partial charge in [-0.2, -0.15) is 0 Å². The van der Waals surface area contributed by atoms with E-state index in [4.69, 9.17) is 0 Å². The molecule has 4 rings (SSSR count). The van der Waals surface area contributed by atoms with Crippen molar-refractivity contribution in [3.8, 4) is 0 Å². The molecule has 2 aliphatic heterocycles. The van der Waals surface area contributed by atoms with Crippen LogP contribution in [-0.4, -0.2) is 41.3 Å². The molecule has 7 nitrogen and oxygen atoms in total. The lowest BCUT2D eigenvalue weighted by molar-refractivity contribution is -0.118. The van der Waals surface area contributed by atoms with Crippen molar-refractivity contribution in [1.29, 1.82) is 0 Å². The minimum Gasteiger partial charge on any atom is -0.316 e. The van der Waals surface area contributed by atoms with Crippen LogP contribution in [0.5, 0.6) is 0 Å². The molecule has 2 aromatic rings. The maximum atomic E-state index is 12.7. The fourth-order valence-corrected chi connectivity index (χ4v) is 4.53. The van der Waals surface area contributed by atoms with Crippen molar-refractivity contribution in [2.24, 2.45) is 5.92 Å². The molecule has 0 aliphatic carbocycles. The number of piperidine rings is 1. The fourth-order valence-electron chi connectivity index (χ4n) is 3.66. The minimum atomic E-state index is -0.262. The van der Waals surface area contributed by atoms with E-state index in [9.17, 15) is 4.79 Å². The number of hydrogen-bond acceptors (Lipinski definition) is 7. The lowest BCUT2D eigenvalue weighted by Gasteiger charge is -2.27. The van der Waals surface area contributed by atoms with E-state index in [-0.39, 0.29) is 35.7 Å². The van der Waals surface area contributed by atoms with Gasteiger partial charge < -0.3 is 5.32 Å². The number of benzene rings is 1. The van der Waals surface area contributed by atoms with Crippen LogP contribution in [0.3, 0.4) is 0 Å². The molecule has 9 heteroatoms. The quantitative estimate of drug-likeness (QED) is 0.615. The van der Waals surface area contributed by atoms with Crippen LogP contribution in [0.4, 0.5) is 5.13 Å². The largest absolute Gasteiger partial charge is 0.316 e. The first-order valence-corrected chi connectivity index (χ1v) is 9.79. The Labute approximate surface area is 169 Å². The SMILES string of the molecule is CC(C)(c1ccccc1)c1nnc(NC(=O)C2NNC3CCNCC32)s1.Cl. The van der Waals surface area contributed by atoms with E-state index in [1.165, 1.54) is 16.9 Å². The normalized spacial score (nSPS) is 24.7. The molecular formula is C18H25ClN6OS. The predicted molar refractivity (Wildman–Crippen MR) is 109 cm³/mol. The number of hydrogen-bond donors (Lipinski definition) is 4. The molecule has 2 aliphatic rings. The first-order chi connectivity index (χ1) is 12.6. The zero-order valence-corrected chi connectivity index (χ0v) is 17.0. The molecular weight excluding hydrogens is 384 g/mol. The third-order valence-corrected chi connectivity index (χ3v) is 6.51.